The average molecular weight is 311 g/mol. The lowest BCUT2D eigenvalue weighted by Gasteiger charge is -2.16. The van der Waals surface area contributed by atoms with Crippen LogP contribution in [0.15, 0.2) is 36.4 Å². The van der Waals surface area contributed by atoms with Crippen molar-refractivity contribution >= 4 is 22.9 Å². The van der Waals surface area contributed by atoms with Gasteiger partial charge < -0.3 is 10.5 Å². The van der Waals surface area contributed by atoms with E-state index in [-0.39, 0.29) is 0 Å². The van der Waals surface area contributed by atoms with E-state index in [4.69, 9.17) is 22.1 Å². The number of thiophene rings is 1. The van der Waals surface area contributed by atoms with Gasteiger partial charge in [0.15, 0.2) is 0 Å². The maximum absolute atomic E-state index is 5.92. The summed E-state index contributed by atoms with van der Waals surface area (Å²) in [4.78, 5) is 3.48. The van der Waals surface area contributed by atoms with Crippen molar-refractivity contribution in [2.24, 2.45) is 5.73 Å². The van der Waals surface area contributed by atoms with Crippen LogP contribution in [0.5, 0.6) is 5.75 Å². The summed E-state index contributed by atoms with van der Waals surface area (Å²) in [6.45, 7) is 2.95. The predicted octanol–water partition coefficient (Wildman–Crippen LogP) is 3.37. The highest BCUT2D eigenvalue weighted by atomic mass is 35.5. The van der Waals surface area contributed by atoms with Crippen molar-refractivity contribution in [3.63, 3.8) is 0 Å². The second-order valence-electron chi connectivity index (χ2n) is 4.64. The van der Waals surface area contributed by atoms with Crippen LogP contribution in [0.3, 0.4) is 0 Å². The van der Waals surface area contributed by atoms with Gasteiger partial charge in [-0.05, 0) is 36.9 Å². The zero-order valence-corrected chi connectivity index (χ0v) is 13.1. The van der Waals surface area contributed by atoms with Crippen LogP contribution in [0.25, 0.3) is 0 Å². The fourth-order valence-corrected chi connectivity index (χ4v) is 3.03. The van der Waals surface area contributed by atoms with Gasteiger partial charge in [0.2, 0.25) is 0 Å². The Balaban J connectivity index is 1.74. The molecule has 108 valence electrons. The van der Waals surface area contributed by atoms with Gasteiger partial charge in [0, 0.05) is 24.5 Å². The topological polar surface area (TPSA) is 38.5 Å². The van der Waals surface area contributed by atoms with Gasteiger partial charge in [-0.1, -0.05) is 23.7 Å². The smallest absolute Gasteiger partial charge is 0.119 e. The lowest BCUT2D eigenvalue weighted by molar-refractivity contribution is 0.234. The molecule has 20 heavy (non-hydrogen) atoms. The highest BCUT2D eigenvalue weighted by Crippen LogP contribution is 2.22. The molecular formula is C15H19ClN2OS. The molecule has 0 atom stereocenters. The van der Waals surface area contributed by atoms with E-state index in [1.54, 1.807) is 11.3 Å². The highest BCUT2D eigenvalue weighted by molar-refractivity contribution is 7.16. The van der Waals surface area contributed by atoms with Crippen molar-refractivity contribution in [1.82, 2.24) is 4.90 Å². The Morgan fingerprint density at radius 2 is 2.15 bits per heavy atom. The molecule has 0 aliphatic rings. The van der Waals surface area contributed by atoms with Crippen LogP contribution in [0.1, 0.15) is 10.4 Å². The zero-order valence-electron chi connectivity index (χ0n) is 11.5. The van der Waals surface area contributed by atoms with E-state index in [0.717, 1.165) is 28.7 Å². The number of benzene rings is 1. The molecule has 1 heterocycles. The molecule has 0 saturated heterocycles. The first-order valence-electron chi connectivity index (χ1n) is 6.52. The first kappa shape index (κ1) is 15.3. The van der Waals surface area contributed by atoms with Gasteiger partial charge in [-0.2, -0.15) is 0 Å². The van der Waals surface area contributed by atoms with Gasteiger partial charge >= 0.3 is 0 Å². The Labute approximate surface area is 128 Å². The molecular weight excluding hydrogens is 292 g/mol. The molecule has 1 aromatic heterocycles. The minimum absolute atomic E-state index is 0.538. The molecule has 0 amide bonds. The summed E-state index contributed by atoms with van der Waals surface area (Å²) >= 11 is 7.54. The molecule has 2 N–H and O–H groups in total. The summed E-state index contributed by atoms with van der Waals surface area (Å²) < 4.78 is 6.58. The molecule has 0 aliphatic heterocycles. The zero-order chi connectivity index (χ0) is 14.4. The Bertz CT molecular complexity index is 544. The Kier molecular flexibility index (Phi) is 5.86. The van der Waals surface area contributed by atoms with E-state index in [1.165, 1.54) is 4.88 Å². The number of likely N-dealkylation sites (N-methyl/N-ethyl adjacent to an activating group) is 1. The molecule has 0 aliphatic carbocycles. The Morgan fingerprint density at radius 3 is 2.85 bits per heavy atom. The fourth-order valence-electron chi connectivity index (χ4n) is 1.86. The van der Waals surface area contributed by atoms with Crippen LogP contribution >= 0.6 is 22.9 Å². The van der Waals surface area contributed by atoms with Gasteiger partial charge in [0.25, 0.3) is 0 Å². The summed E-state index contributed by atoms with van der Waals surface area (Å²) in [5.74, 6) is 0.875. The molecule has 2 rings (SSSR count). The van der Waals surface area contributed by atoms with E-state index in [9.17, 15) is 0 Å². The first-order chi connectivity index (χ1) is 9.67. The minimum atomic E-state index is 0.538. The summed E-state index contributed by atoms with van der Waals surface area (Å²) in [7, 11) is 2.08. The molecule has 0 bridgehead atoms. The Morgan fingerprint density at radius 1 is 1.30 bits per heavy atom. The standard InChI is InChI=1S/C15H19ClN2OS/c1-18(11-14-5-6-15(16)20-14)7-8-19-13-4-2-3-12(9-13)10-17/h2-6,9H,7-8,10-11,17H2,1H3. The third-order valence-electron chi connectivity index (χ3n) is 2.93. The van der Waals surface area contributed by atoms with Gasteiger partial charge in [0.1, 0.15) is 12.4 Å². The van der Waals surface area contributed by atoms with E-state index in [0.29, 0.717) is 13.2 Å². The first-order valence-corrected chi connectivity index (χ1v) is 7.71. The number of ether oxygens (including phenoxy) is 1. The van der Waals surface area contributed by atoms with Gasteiger partial charge in [-0.3, -0.25) is 4.90 Å². The molecule has 0 saturated carbocycles. The number of nitrogens with zero attached hydrogens (tertiary/aromatic N) is 1. The van der Waals surface area contributed by atoms with Crippen molar-refractivity contribution in [3.8, 4) is 5.75 Å². The van der Waals surface area contributed by atoms with Crippen molar-refractivity contribution in [2.45, 2.75) is 13.1 Å². The van der Waals surface area contributed by atoms with Crippen LogP contribution in [0.2, 0.25) is 4.34 Å². The second kappa shape index (κ2) is 7.64. The van der Waals surface area contributed by atoms with Crippen LogP contribution in [-0.4, -0.2) is 25.1 Å². The predicted molar refractivity (Wildman–Crippen MR) is 85.5 cm³/mol. The number of halogens is 1. The van der Waals surface area contributed by atoms with Crippen LogP contribution in [0, 0.1) is 0 Å². The number of rotatable bonds is 7. The maximum Gasteiger partial charge on any atom is 0.119 e. The van der Waals surface area contributed by atoms with E-state index in [2.05, 4.69) is 18.0 Å². The maximum atomic E-state index is 5.92. The lowest BCUT2D eigenvalue weighted by Crippen LogP contribution is -2.23. The number of nitrogens with two attached hydrogens (primary N) is 1. The quantitative estimate of drug-likeness (QED) is 0.852. The molecule has 0 spiro atoms. The lowest BCUT2D eigenvalue weighted by atomic mass is 10.2. The van der Waals surface area contributed by atoms with Crippen LogP contribution < -0.4 is 10.5 Å². The largest absolute Gasteiger partial charge is 0.492 e. The average Bonchev–Trinajstić information content (AvgIpc) is 2.84. The normalized spacial score (nSPS) is 11.0. The van der Waals surface area contributed by atoms with E-state index in [1.807, 2.05) is 30.3 Å². The van der Waals surface area contributed by atoms with Gasteiger partial charge in [-0.25, -0.2) is 0 Å². The van der Waals surface area contributed by atoms with E-state index >= 15 is 0 Å². The van der Waals surface area contributed by atoms with Gasteiger partial charge in [0.05, 0.1) is 4.34 Å². The molecule has 0 radical (unpaired) electrons. The van der Waals surface area contributed by atoms with E-state index < -0.39 is 0 Å². The van der Waals surface area contributed by atoms with Crippen molar-refractivity contribution < 1.29 is 4.74 Å². The SMILES string of the molecule is CN(CCOc1cccc(CN)c1)Cc1ccc(Cl)s1. The summed E-state index contributed by atoms with van der Waals surface area (Å²) in [5, 5.41) is 0. The molecule has 2 aromatic rings. The van der Waals surface area contributed by atoms with Crippen LogP contribution in [0.4, 0.5) is 0 Å². The molecule has 1 aromatic carbocycles. The second-order valence-corrected chi connectivity index (χ2v) is 6.44. The molecule has 5 heteroatoms. The molecule has 3 nitrogen and oxygen atoms in total. The number of hydrogen-bond donors (Lipinski definition) is 1. The van der Waals surface area contributed by atoms with Crippen molar-refractivity contribution in [3.05, 3.63) is 51.2 Å². The third-order valence-corrected chi connectivity index (χ3v) is 4.15. The van der Waals surface area contributed by atoms with Crippen molar-refractivity contribution in [1.29, 1.82) is 0 Å². The van der Waals surface area contributed by atoms with Gasteiger partial charge in [-0.15, -0.1) is 11.3 Å². The minimum Gasteiger partial charge on any atom is -0.492 e. The number of hydrogen-bond acceptors (Lipinski definition) is 4. The monoisotopic (exact) mass is 310 g/mol. The van der Waals surface area contributed by atoms with Crippen LogP contribution in [-0.2, 0) is 13.1 Å². The molecule has 0 fully saturated rings. The Hall–Kier alpha value is -1.07. The summed E-state index contributed by atoms with van der Waals surface area (Å²) in [5.41, 5.74) is 6.70. The third kappa shape index (κ3) is 4.80. The summed E-state index contributed by atoms with van der Waals surface area (Å²) in [6, 6.07) is 11.9. The van der Waals surface area contributed by atoms with Crippen molar-refractivity contribution in [2.75, 3.05) is 20.2 Å². The summed E-state index contributed by atoms with van der Waals surface area (Å²) in [6.07, 6.45) is 0. The fraction of sp³-hybridized carbons (Fsp3) is 0.333. The molecule has 0 unspecified atom stereocenters. The highest BCUT2D eigenvalue weighted by Gasteiger charge is 2.03.